The molecule has 0 fully saturated rings. The van der Waals surface area contributed by atoms with Gasteiger partial charge in [0.15, 0.2) is 0 Å². The zero-order valence-corrected chi connectivity index (χ0v) is 20.7. The largest absolute Gasteiger partial charge is 0.419 e. The van der Waals surface area contributed by atoms with Crippen molar-refractivity contribution in [3.05, 3.63) is 70.5 Å². The number of fused-ring (bicyclic) bond motifs is 1. The van der Waals surface area contributed by atoms with Crippen molar-refractivity contribution in [2.75, 3.05) is 36.2 Å². The molecule has 0 spiro atoms. The smallest absolute Gasteiger partial charge is 0.383 e. The van der Waals surface area contributed by atoms with Crippen molar-refractivity contribution >= 4 is 17.6 Å². The highest BCUT2D eigenvalue weighted by molar-refractivity contribution is 5.55. The minimum absolute atomic E-state index is 0.0407. The Hall–Kier alpha value is -3.36. The number of hydrogen-bond acceptors (Lipinski definition) is 6. The van der Waals surface area contributed by atoms with Crippen molar-refractivity contribution in [1.29, 1.82) is 0 Å². The minimum Gasteiger partial charge on any atom is -0.383 e. The van der Waals surface area contributed by atoms with Gasteiger partial charge in [0.05, 0.1) is 17.3 Å². The number of nitrogen functional groups attached to an aromatic ring is 1. The molecule has 35 heavy (non-hydrogen) atoms. The first-order valence-electron chi connectivity index (χ1n) is 11.6. The van der Waals surface area contributed by atoms with E-state index in [1.807, 2.05) is 38.4 Å². The van der Waals surface area contributed by atoms with E-state index in [2.05, 4.69) is 30.7 Å². The van der Waals surface area contributed by atoms with Gasteiger partial charge in [0.1, 0.15) is 11.6 Å². The molecule has 4 rings (SSSR count). The summed E-state index contributed by atoms with van der Waals surface area (Å²) in [6.07, 6.45) is -2.33. The van der Waals surface area contributed by atoms with Crippen molar-refractivity contribution < 1.29 is 13.2 Å². The summed E-state index contributed by atoms with van der Waals surface area (Å²) in [6, 6.07) is 10.1. The molecule has 9 heteroatoms. The monoisotopic (exact) mass is 484 g/mol. The average Bonchev–Trinajstić information content (AvgIpc) is 2.98. The van der Waals surface area contributed by atoms with Crippen LogP contribution < -0.4 is 15.5 Å². The lowest BCUT2D eigenvalue weighted by molar-refractivity contribution is -0.137. The topological polar surface area (TPSA) is 71.2 Å². The maximum absolute atomic E-state index is 14.0. The summed E-state index contributed by atoms with van der Waals surface area (Å²) < 4.78 is 41.9. The molecule has 0 amide bonds. The van der Waals surface area contributed by atoms with Gasteiger partial charge in [-0.05, 0) is 35.1 Å². The maximum Gasteiger partial charge on any atom is 0.419 e. The Labute approximate surface area is 204 Å². The molecule has 0 aliphatic carbocycles. The molecule has 0 radical (unpaired) electrons. The lowest BCUT2D eigenvalue weighted by Gasteiger charge is -2.33. The standard InChI is InChI=1S/C26H31F3N6/c1-25(2,3)17-10-8-16(9-11-17)21-15-20-18(22(30)33-24(32-20)34(4)5)12-14-35(21)23-19(26(27,28)29)7-6-13-31-23/h6-11,13,21H,12,14-15H2,1-5H3,(H2,30,32,33). The van der Waals surface area contributed by atoms with E-state index >= 15 is 0 Å². The number of anilines is 3. The minimum atomic E-state index is -4.53. The van der Waals surface area contributed by atoms with Gasteiger partial charge in [-0.2, -0.15) is 18.2 Å². The number of hydrogen-bond donors (Lipinski definition) is 1. The van der Waals surface area contributed by atoms with E-state index < -0.39 is 17.8 Å². The molecule has 3 aromatic rings. The summed E-state index contributed by atoms with van der Waals surface area (Å²) in [6.45, 7) is 6.68. The second kappa shape index (κ2) is 9.02. The Bertz CT molecular complexity index is 1200. The van der Waals surface area contributed by atoms with Gasteiger partial charge in [-0.3, -0.25) is 0 Å². The molecule has 6 nitrogen and oxygen atoms in total. The molecular weight excluding hydrogens is 453 g/mol. The van der Waals surface area contributed by atoms with Crippen molar-refractivity contribution in [2.45, 2.75) is 51.2 Å². The second-order valence-corrected chi connectivity index (χ2v) is 10.1. The van der Waals surface area contributed by atoms with Gasteiger partial charge >= 0.3 is 6.18 Å². The lowest BCUT2D eigenvalue weighted by Crippen LogP contribution is -2.33. The quantitative estimate of drug-likeness (QED) is 0.552. The van der Waals surface area contributed by atoms with E-state index in [1.54, 1.807) is 9.80 Å². The van der Waals surface area contributed by atoms with Crippen molar-refractivity contribution in [2.24, 2.45) is 0 Å². The first-order valence-corrected chi connectivity index (χ1v) is 11.6. The molecule has 2 aromatic heterocycles. The number of nitrogens with two attached hydrogens (primary N) is 1. The van der Waals surface area contributed by atoms with Crippen LogP contribution in [0.3, 0.4) is 0 Å². The summed E-state index contributed by atoms with van der Waals surface area (Å²) >= 11 is 0. The van der Waals surface area contributed by atoms with Crippen LogP contribution in [0.25, 0.3) is 0 Å². The van der Waals surface area contributed by atoms with Crippen molar-refractivity contribution in [3.63, 3.8) is 0 Å². The summed E-state index contributed by atoms with van der Waals surface area (Å²) in [5, 5.41) is 0. The van der Waals surface area contributed by atoms with Crippen LogP contribution in [0, 0.1) is 0 Å². The molecule has 1 unspecified atom stereocenters. The molecule has 1 aromatic carbocycles. The third kappa shape index (κ3) is 5.04. The zero-order valence-electron chi connectivity index (χ0n) is 20.7. The summed E-state index contributed by atoms with van der Waals surface area (Å²) in [7, 11) is 3.66. The SMILES string of the molecule is CN(C)c1nc(N)c2c(n1)CC(c1ccc(C(C)(C)C)cc1)N(c1ncccc1C(F)(F)F)CC2. The fraction of sp³-hybridized carbons (Fsp3) is 0.423. The highest BCUT2D eigenvalue weighted by Gasteiger charge is 2.38. The molecule has 0 bridgehead atoms. The fourth-order valence-electron chi connectivity index (χ4n) is 4.46. The van der Waals surface area contributed by atoms with Gasteiger partial charge in [0.25, 0.3) is 0 Å². The molecule has 186 valence electrons. The van der Waals surface area contributed by atoms with Crippen molar-refractivity contribution in [3.8, 4) is 0 Å². The normalized spacial score (nSPS) is 16.6. The second-order valence-electron chi connectivity index (χ2n) is 10.1. The Balaban J connectivity index is 1.87. The molecular formula is C26H31F3N6. The average molecular weight is 485 g/mol. The molecule has 1 aliphatic heterocycles. The summed E-state index contributed by atoms with van der Waals surface area (Å²) in [5.41, 5.74) is 9.07. The van der Waals surface area contributed by atoms with E-state index in [1.165, 1.54) is 12.3 Å². The number of alkyl halides is 3. The Kier molecular flexibility index (Phi) is 6.38. The molecule has 1 aliphatic rings. The van der Waals surface area contributed by atoms with Crippen LogP contribution in [0.1, 0.15) is 54.8 Å². The number of nitrogens with zero attached hydrogens (tertiary/aromatic N) is 5. The first kappa shape index (κ1) is 24.8. The van der Waals surface area contributed by atoms with Gasteiger partial charge in [-0.1, -0.05) is 45.0 Å². The zero-order chi connectivity index (χ0) is 25.5. The van der Waals surface area contributed by atoms with E-state index in [4.69, 9.17) is 10.7 Å². The van der Waals surface area contributed by atoms with Crippen LogP contribution in [-0.4, -0.2) is 35.6 Å². The highest BCUT2D eigenvalue weighted by Crippen LogP contribution is 2.41. The molecule has 3 heterocycles. The number of halogens is 3. The van der Waals surface area contributed by atoms with E-state index in [9.17, 15) is 13.2 Å². The number of benzene rings is 1. The highest BCUT2D eigenvalue weighted by atomic mass is 19.4. The number of aromatic nitrogens is 3. The number of pyridine rings is 1. The molecule has 1 atom stereocenters. The van der Waals surface area contributed by atoms with Crippen LogP contribution in [-0.2, 0) is 24.4 Å². The van der Waals surface area contributed by atoms with Crippen LogP contribution >= 0.6 is 0 Å². The summed E-state index contributed by atoms with van der Waals surface area (Å²) in [5.74, 6) is 0.752. The number of rotatable bonds is 3. The Morgan fingerprint density at radius 2 is 1.71 bits per heavy atom. The molecule has 0 saturated carbocycles. The summed E-state index contributed by atoms with van der Waals surface area (Å²) in [4.78, 5) is 16.8. The third-order valence-corrected chi connectivity index (χ3v) is 6.40. The predicted octanol–water partition coefficient (Wildman–Crippen LogP) is 5.18. The van der Waals surface area contributed by atoms with Gasteiger partial charge < -0.3 is 15.5 Å². The Morgan fingerprint density at radius 3 is 2.31 bits per heavy atom. The van der Waals surface area contributed by atoms with Gasteiger partial charge in [0, 0.05) is 38.8 Å². The van der Waals surface area contributed by atoms with Crippen LogP contribution in [0.5, 0.6) is 0 Å². The van der Waals surface area contributed by atoms with Gasteiger partial charge in [-0.15, -0.1) is 0 Å². The van der Waals surface area contributed by atoms with Crippen LogP contribution in [0.2, 0.25) is 0 Å². The lowest BCUT2D eigenvalue weighted by atomic mass is 9.86. The van der Waals surface area contributed by atoms with Crippen LogP contribution in [0.4, 0.5) is 30.8 Å². The Morgan fingerprint density at radius 1 is 1.03 bits per heavy atom. The maximum atomic E-state index is 14.0. The molecule has 0 saturated heterocycles. The van der Waals surface area contributed by atoms with E-state index in [0.29, 0.717) is 31.2 Å². The van der Waals surface area contributed by atoms with Crippen molar-refractivity contribution in [1.82, 2.24) is 15.0 Å². The fourth-order valence-corrected chi connectivity index (χ4v) is 4.46. The third-order valence-electron chi connectivity index (χ3n) is 6.40. The molecule has 2 N–H and O–H groups in total. The van der Waals surface area contributed by atoms with Crippen LogP contribution in [0.15, 0.2) is 42.6 Å². The van der Waals surface area contributed by atoms with Gasteiger partial charge in [0.2, 0.25) is 5.95 Å². The predicted molar refractivity (Wildman–Crippen MR) is 133 cm³/mol. The van der Waals surface area contributed by atoms with Gasteiger partial charge in [-0.25, -0.2) is 9.97 Å². The first-order chi connectivity index (χ1) is 16.4. The van der Waals surface area contributed by atoms with E-state index in [0.717, 1.165) is 28.5 Å². The van der Waals surface area contributed by atoms with E-state index in [-0.39, 0.29) is 11.2 Å².